The van der Waals surface area contributed by atoms with Crippen molar-refractivity contribution in [3.05, 3.63) is 87.5 Å². The first-order chi connectivity index (χ1) is 17.7. The monoisotopic (exact) mass is 514 g/mol. The number of anilines is 2. The van der Waals surface area contributed by atoms with Crippen molar-refractivity contribution in [2.24, 2.45) is 0 Å². The Kier molecular flexibility index (Phi) is 8.72. The van der Waals surface area contributed by atoms with Crippen molar-refractivity contribution in [3.63, 3.8) is 0 Å². The molecular formula is C26H24F2N2O7. The molecule has 3 rings (SSSR count). The molecule has 0 radical (unpaired) electrons. The number of carbonyl (C=O) groups excluding carboxylic acids is 2. The van der Waals surface area contributed by atoms with Crippen LogP contribution in [0.25, 0.3) is 0 Å². The Morgan fingerprint density at radius 1 is 0.892 bits per heavy atom. The standard InChI is InChI=1S/C26H24F2N2O7/c1-4-5-12-29(16-6-9-21(27)22(28)13-16)23-10-7-17(14-19(23)25(31)35-2)37-18-8-11-24(30(33)34)20(15-18)26(32)36-3/h6-11,13-15H,4-5,12H2,1-3H3. The van der Waals surface area contributed by atoms with Crippen LogP contribution in [0.1, 0.15) is 40.5 Å². The summed E-state index contributed by atoms with van der Waals surface area (Å²) in [6.07, 6.45) is 1.49. The van der Waals surface area contributed by atoms with Crippen molar-refractivity contribution >= 4 is 29.0 Å². The number of esters is 2. The predicted octanol–water partition coefficient (Wildman–Crippen LogP) is 6.18. The Bertz CT molecular complexity index is 1330. The summed E-state index contributed by atoms with van der Waals surface area (Å²) in [6, 6.07) is 11.5. The van der Waals surface area contributed by atoms with E-state index in [1.807, 2.05) is 6.92 Å². The molecule has 0 fully saturated rings. The van der Waals surface area contributed by atoms with Gasteiger partial charge in [0.25, 0.3) is 5.69 Å². The van der Waals surface area contributed by atoms with Gasteiger partial charge in [0.05, 0.1) is 30.4 Å². The Morgan fingerprint density at radius 3 is 2.11 bits per heavy atom. The molecule has 0 aliphatic rings. The zero-order valence-electron chi connectivity index (χ0n) is 20.3. The molecule has 3 aromatic carbocycles. The molecule has 194 valence electrons. The van der Waals surface area contributed by atoms with E-state index in [1.165, 1.54) is 31.4 Å². The molecule has 0 N–H and O–H groups in total. The van der Waals surface area contributed by atoms with Gasteiger partial charge in [-0.1, -0.05) is 13.3 Å². The quantitative estimate of drug-likeness (QED) is 0.179. The number of ether oxygens (including phenoxy) is 3. The molecule has 0 heterocycles. The van der Waals surface area contributed by atoms with Gasteiger partial charge in [0.1, 0.15) is 17.1 Å². The second-order valence-corrected chi connectivity index (χ2v) is 7.80. The van der Waals surface area contributed by atoms with Gasteiger partial charge in [0.2, 0.25) is 0 Å². The highest BCUT2D eigenvalue weighted by molar-refractivity contribution is 5.97. The number of hydrogen-bond donors (Lipinski definition) is 0. The first-order valence-corrected chi connectivity index (χ1v) is 11.2. The van der Waals surface area contributed by atoms with Gasteiger partial charge >= 0.3 is 11.9 Å². The Labute approximate surface area is 211 Å². The zero-order chi connectivity index (χ0) is 27.1. The third-order valence-electron chi connectivity index (χ3n) is 5.42. The van der Waals surface area contributed by atoms with Gasteiger partial charge in [-0.05, 0) is 42.8 Å². The van der Waals surface area contributed by atoms with E-state index in [9.17, 15) is 28.5 Å². The predicted molar refractivity (Wildman–Crippen MR) is 131 cm³/mol. The van der Waals surface area contributed by atoms with Crippen molar-refractivity contribution in [2.75, 3.05) is 25.7 Å². The highest BCUT2D eigenvalue weighted by Crippen LogP contribution is 2.35. The molecule has 3 aromatic rings. The van der Waals surface area contributed by atoms with Crippen molar-refractivity contribution in [2.45, 2.75) is 19.8 Å². The third kappa shape index (κ3) is 6.18. The van der Waals surface area contributed by atoms with E-state index in [-0.39, 0.29) is 22.6 Å². The lowest BCUT2D eigenvalue weighted by Gasteiger charge is -2.27. The molecule has 9 nitrogen and oxygen atoms in total. The molecule has 0 bridgehead atoms. The first-order valence-electron chi connectivity index (χ1n) is 11.2. The van der Waals surface area contributed by atoms with E-state index in [0.29, 0.717) is 24.3 Å². The van der Waals surface area contributed by atoms with E-state index in [1.54, 1.807) is 11.0 Å². The maximum Gasteiger partial charge on any atom is 0.345 e. The fourth-order valence-electron chi connectivity index (χ4n) is 3.59. The van der Waals surface area contributed by atoms with E-state index in [2.05, 4.69) is 4.74 Å². The van der Waals surface area contributed by atoms with Crippen LogP contribution in [-0.2, 0) is 9.47 Å². The molecule has 11 heteroatoms. The van der Waals surface area contributed by atoms with Crippen LogP contribution in [-0.4, -0.2) is 37.6 Å². The topological polar surface area (TPSA) is 108 Å². The lowest BCUT2D eigenvalue weighted by Crippen LogP contribution is -2.21. The van der Waals surface area contributed by atoms with Gasteiger partial charge in [0, 0.05) is 30.4 Å². The number of methoxy groups -OCH3 is 2. The number of nitro groups is 1. The lowest BCUT2D eigenvalue weighted by molar-refractivity contribution is -0.385. The van der Waals surface area contributed by atoms with Crippen LogP contribution in [0, 0.1) is 21.7 Å². The minimum atomic E-state index is -1.03. The summed E-state index contributed by atoms with van der Waals surface area (Å²) in [6.45, 7) is 2.37. The molecule has 0 atom stereocenters. The average Bonchev–Trinajstić information content (AvgIpc) is 2.90. The summed E-state index contributed by atoms with van der Waals surface area (Å²) in [7, 11) is 2.30. The second kappa shape index (κ2) is 11.9. The van der Waals surface area contributed by atoms with E-state index in [0.717, 1.165) is 37.8 Å². The molecule has 0 aromatic heterocycles. The van der Waals surface area contributed by atoms with Crippen LogP contribution in [0.2, 0.25) is 0 Å². The van der Waals surface area contributed by atoms with Gasteiger partial charge in [0.15, 0.2) is 11.6 Å². The normalized spacial score (nSPS) is 10.5. The van der Waals surface area contributed by atoms with Crippen LogP contribution in [0.4, 0.5) is 25.8 Å². The number of nitro benzene ring substituents is 1. The number of hydrogen-bond acceptors (Lipinski definition) is 8. The molecule has 0 saturated heterocycles. The Hall–Kier alpha value is -4.54. The number of benzene rings is 3. The molecule has 0 aliphatic carbocycles. The summed E-state index contributed by atoms with van der Waals surface area (Å²) in [4.78, 5) is 36.9. The van der Waals surface area contributed by atoms with E-state index >= 15 is 0 Å². The number of unbranched alkanes of at least 4 members (excludes halogenated alkanes) is 1. The van der Waals surface area contributed by atoms with Gasteiger partial charge in [-0.2, -0.15) is 0 Å². The van der Waals surface area contributed by atoms with Crippen LogP contribution in [0.15, 0.2) is 54.6 Å². The molecular weight excluding hydrogens is 490 g/mol. The van der Waals surface area contributed by atoms with E-state index < -0.39 is 34.2 Å². The maximum absolute atomic E-state index is 14.0. The summed E-state index contributed by atoms with van der Waals surface area (Å²) in [5, 5.41) is 11.3. The molecule has 0 spiro atoms. The van der Waals surface area contributed by atoms with E-state index in [4.69, 9.17) is 9.47 Å². The first kappa shape index (κ1) is 27.1. The summed E-state index contributed by atoms with van der Waals surface area (Å²) >= 11 is 0. The van der Waals surface area contributed by atoms with Crippen LogP contribution < -0.4 is 9.64 Å². The van der Waals surface area contributed by atoms with Crippen LogP contribution >= 0.6 is 0 Å². The van der Waals surface area contributed by atoms with Gasteiger partial charge < -0.3 is 19.1 Å². The largest absolute Gasteiger partial charge is 0.465 e. The highest BCUT2D eigenvalue weighted by atomic mass is 19.2. The highest BCUT2D eigenvalue weighted by Gasteiger charge is 2.23. The summed E-state index contributed by atoms with van der Waals surface area (Å²) in [5.74, 6) is -3.40. The average molecular weight is 514 g/mol. The smallest absolute Gasteiger partial charge is 0.345 e. The molecule has 0 unspecified atom stereocenters. The SMILES string of the molecule is CCCCN(c1ccc(F)c(F)c1)c1ccc(Oc2ccc([N+](=O)[O-])c(C(=O)OC)c2)cc1C(=O)OC. The van der Waals surface area contributed by atoms with Gasteiger partial charge in [-0.15, -0.1) is 0 Å². The number of halogens is 2. The van der Waals surface area contributed by atoms with Crippen molar-refractivity contribution in [3.8, 4) is 11.5 Å². The molecule has 0 saturated carbocycles. The van der Waals surface area contributed by atoms with Crippen molar-refractivity contribution < 1.29 is 37.5 Å². The fourth-order valence-corrected chi connectivity index (χ4v) is 3.59. The maximum atomic E-state index is 14.0. The molecule has 0 aliphatic heterocycles. The fraction of sp³-hybridized carbons (Fsp3) is 0.231. The van der Waals surface area contributed by atoms with Gasteiger partial charge in [-0.25, -0.2) is 18.4 Å². The summed E-state index contributed by atoms with van der Waals surface area (Å²) in [5.41, 5.74) is 0.0274. The minimum absolute atomic E-state index is 0.0796. The summed E-state index contributed by atoms with van der Waals surface area (Å²) < 4.78 is 42.9. The molecule has 0 amide bonds. The van der Waals surface area contributed by atoms with Crippen molar-refractivity contribution in [1.29, 1.82) is 0 Å². The number of nitrogens with zero attached hydrogens (tertiary/aromatic N) is 2. The number of carbonyl (C=O) groups is 2. The minimum Gasteiger partial charge on any atom is -0.465 e. The second-order valence-electron chi connectivity index (χ2n) is 7.80. The van der Waals surface area contributed by atoms with Crippen LogP contribution in [0.3, 0.4) is 0 Å². The molecule has 37 heavy (non-hydrogen) atoms. The van der Waals surface area contributed by atoms with Crippen LogP contribution in [0.5, 0.6) is 11.5 Å². The third-order valence-corrected chi connectivity index (χ3v) is 5.42. The lowest BCUT2D eigenvalue weighted by atomic mass is 10.1. The van der Waals surface area contributed by atoms with Crippen molar-refractivity contribution in [1.82, 2.24) is 0 Å². The Balaban J connectivity index is 2.05. The zero-order valence-corrected chi connectivity index (χ0v) is 20.3. The Morgan fingerprint density at radius 2 is 1.51 bits per heavy atom. The van der Waals surface area contributed by atoms with Gasteiger partial charge in [-0.3, -0.25) is 10.1 Å². The number of rotatable bonds is 10.